The zero-order chi connectivity index (χ0) is 74.6. The first-order valence-corrected chi connectivity index (χ1v) is 36.4. The van der Waals surface area contributed by atoms with E-state index in [2.05, 4.69) is 327 Å². The van der Waals surface area contributed by atoms with Gasteiger partial charge in [-0.15, -0.1) is 0 Å². The van der Waals surface area contributed by atoms with E-state index in [1.54, 1.807) is 42.7 Å². The summed E-state index contributed by atoms with van der Waals surface area (Å²) in [5, 5.41) is 0. The molecule has 14 heteroatoms. The molecule has 0 radical (unpaired) electrons. The Morgan fingerprint density at radius 3 is 0.391 bits per heavy atom. The van der Waals surface area contributed by atoms with Crippen LogP contribution in [0.3, 0.4) is 0 Å². The summed E-state index contributed by atoms with van der Waals surface area (Å²) in [5.41, 5.74) is 22.5. The van der Waals surface area contributed by atoms with Gasteiger partial charge in [-0.3, -0.25) is 0 Å². The minimum absolute atomic E-state index is 0.757. The molecule has 20 bridgehead atoms. The summed E-state index contributed by atoms with van der Waals surface area (Å²) in [6, 6.07) is 129. The number of benzene rings is 15. The van der Waals surface area contributed by atoms with Crippen LogP contribution >= 0.6 is 0 Å². The van der Waals surface area contributed by atoms with Gasteiger partial charge in [-0.05, 0) is 346 Å². The summed E-state index contributed by atoms with van der Waals surface area (Å²) in [5.74, 6) is 4.54. The smallest absolute Gasteiger partial charge is 0.119 e. The lowest BCUT2D eigenvalue weighted by Gasteiger charge is -2.16. The first-order chi connectivity index (χ1) is 54.2. The van der Waals surface area contributed by atoms with Gasteiger partial charge in [-0.1, -0.05) is 18.2 Å². The molecule has 0 fully saturated rings. The maximum Gasteiger partial charge on any atom is 0.119 e. The van der Waals surface area contributed by atoms with Crippen molar-refractivity contribution in [3.63, 3.8) is 0 Å². The van der Waals surface area contributed by atoms with E-state index in [1.165, 1.54) is 0 Å². The molecule has 0 N–H and O–H groups in total. The number of nitrogens with zero attached hydrogens (tertiary/aromatic N) is 8. The second-order valence-electron chi connectivity index (χ2n) is 26.5. The van der Waals surface area contributed by atoms with Crippen LogP contribution in [0, 0.1) is 0 Å². The van der Waals surface area contributed by atoms with Gasteiger partial charge in [0.05, 0.1) is 42.7 Å². The van der Waals surface area contributed by atoms with Gasteiger partial charge in [0.1, 0.15) is 34.5 Å². The van der Waals surface area contributed by atoms with E-state index in [9.17, 15) is 0 Å². The third-order valence-electron chi connectivity index (χ3n) is 20.2. The molecule has 110 heavy (non-hydrogen) atoms. The van der Waals surface area contributed by atoms with Crippen molar-refractivity contribution in [3.8, 4) is 68.6 Å². The fraction of sp³-hybridized carbons (Fsp3) is 0.0625. The molecule has 21 aromatic heterocycles. The molecule has 0 amide bonds. The van der Waals surface area contributed by atoms with Crippen LogP contribution in [0.15, 0.2) is 364 Å². The lowest BCUT2D eigenvalue weighted by atomic mass is 10.2. The molecule has 0 saturated heterocycles. The van der Waals surface area contributed by atoms with Crippen molar-refractivity contribution in [2.45, 2.75) is 0 Å². The minimum Gasteiger partial charge on any atom is -0.497 e. The number of aromatic nitrogens is 8. The van der Waals surface area contributed by atoms with Crippen molar-refractivity contribution >= 4 is 99.3 Å². The first kappa shape index (κ1) is 68.6. The molecule has 36 aromatic rings. The average Bonchev–Trinajstić information content (AvgIpc) is 0.773. The van der Waals surface area contributed by atoms with E-state index >= 15 is 0 Å². The molecule has 21 heterocycles. The lowest BCUT2D eigenvalue weighted by Crippen LogP contribution is -2.01. The van der Waals surface area contributed by atoms with Crippen molar-refractivity contribution < 1.29 is 28.4 Å². The van der Waals surface area contributed by atoms with E-state index in [0.717, 1.165) is 168 Å². The summed E-state index contributed by atoms with van der Waals surface area (Å²) in [6.45, 7) is 0. The zero-order valence-corrected chi connectivity index (χ0v) is 61.7. The summed E-state index contributed by atoms with van der Waals surface area (Å²) in [7, 11) is 10.2. The van der Waals surface area contributed by atoms with E-state index in [1.807, 2.05) is 72.8 Å². The van der Waals surface area contributed by atoms with Crippen LogP contribution in [0.25, 0.3) is 133 Å². The summed E-state index contributed by atoms with van der Waals surface area (Å²) in [4.78, 5) is 0. The lowest BCUT2D eigenvalue weighted by molar-refractivity contribution is 0.414. The maximum absolute atomic E-state index is 5.77. The SMILES string of the molecule is COc1ccc(-n2c3ccc(cc3)n3c4ccc(cc4)n(-c4ccc(OC)cc4)c4cccc(c4)n(-c4ccc(OC)cc4)c4ccc(cc4)n(c4ccc(cc4)n(-c4ccc(OC)cc4)c4cccc2c4)c2ccc(cc2)n(-c2ccc(OC)cc2)c2cccc(c2)n(-c2ccc(OC)cc2)c2ccc3cc2)cc1. The average molecular weight is 1440 g/mol. The Hall–Kier alpha value is -14.5. The molecular formula is C96H78N8O6. The highest BCUT2D eigenvalue weighted by Gasteiger charge is 2.13. The van der Waals surface area contributed by atoms with Crippen LogP contribution in [0.2, 0.25) is 0 Å². The summed E-state index contributed by atoms with van der Waals surface area (Å²) >= 11 is 0. The largest absolute Gasteiger partial charge is 0.497 e. The number of hydrogen-bond acceptors (Lipinski definition) is 6. The molecule has 14 nitrogen and oxygen atoms in total. The molecule has 0 aliphatic heterocycles. The van der Waals surface area contributed by atoms with Gasteiger partial charge >= 0.3 is 0 Å². The van der Waals surface area contributed by atoms with Crippen LogP contribution in [-0.4, -0.2) is 78.9 Å². The summed E-state index contributed by atoms with van der Waals surface area (Å²) in [6.07, 6.45) is 0. The minimum atomic E-state index is 0.757. The van der Waals surface area contributed by atoms with Crippen LogP contribution < -0.4 is 28.4 Å². The molecule has 0 spiro atoms. The summed E-state index contributed by atoms with van der Waals surface area (Å²) < 4.78 is 53.0. The quantitative estimate of drug-likeness (QED) is 0.121. The molecule has 0 aliphatic rings. The van der Waals surface area contributed by atoms with Crippen molar-refractivity contribution in [2.24, 2.45) is 0 Å². The maximum atomic E-state index is 5.77. The Morgan fingerprint density at radius 1 is 0.136 bits per heavy atom. The van der Waals surface area contributed by atoms with Gasteiger partial charge < -0.3 is 64.6 Å². The van der Waals surface area contributed by atoms with E-state index in [-0.39, 0.29) is 0 Å². The second-order valence-corrected chi connectivity index (χ2v) is 26.5. The van der Waals surface area contributed by atoms with Crippen LogP contribution in [0.4, 0.5) is 0 Å². The van der Waals surface area contributed by atoms with Gasteiger partial charge in [-0.2, -0.15) is 0 Å². The van der Waals surface area contributed by atoms with E-state index in [4.69, 9.17) is 28.4 Å². The molecule has 538 valence electrons. The van der Waals surface area contributed by atoms with Gasteiger partial charge in [0.2, 0.25) is 0 Å². The van der Waals surface area contributed by atoms with Gasteiger partial charge in [0, 0.05) is 133 Å². The van der Waals surface area contributed by atoms with Crippen LogP contribution in [-0.2, 0) is 0 Å². The monoisotopic (exact) mass is 1440 g/mol. The number of hydrogen-bond donors (Lipinski definition) is 0. The standard InChI is InChI=1S/C96H78N8O6/c1-105-91-52-40-79(41-53-91)99-73-28-16-67(17-29-73)97-68-20-32-75(33-21-68)101(81-44-56-93(107-3)57-45-81)87-12-8-14-89(65-87)103(83-48-60-95(109-5)61-49-83)77-36-24-71(25-37-77)98(70-18-30-74(31-19-70)100(86-11-7-10-85(99)64-86)80-42-54-92(106-2)55-43-80)72-26-38-78(39-27-72)104(84-50-62-96(110-6)63-51-84)90-15-9-13-88(66-90)102(76-34-22-69(97)23-35-76)82-46-58-94(108-4)59-47-82/h7-66H,1-6H3. The molecule has 15 aromatic carbocycles. The predicted molar refractivity (Wildman–Crippen MR) is 449 cm³/mol. The zero-order valence-electron chi connectivity index (χ0n) is 61.7. The Bertz CT molecular complexity index is 5600. The van der Waals surface area contributed by atoms with Crippen molar-refractivity contribution in [1.29, 1.82) is 0 Å². The van der Waals surface area contributed by atoms with Crippen molar-refractivity contribution in [1.82, 2.24) is 36.2 Å². The first-order valence-electron chi connectivity index (χ1n) is 36.4. The third kappa shape index (κ3) is 13.5. The van der Waals surface area contributed by atoms with Gasteiger partial charge in [-0.25, -0.2) is 0 Å². The van der Waals surface area contributed by atoms with Gasteiger partial charge in [0.25, 0.3) is 0 Å². The highest BCUT2D eigenvalue weighted by Crippen LogP contribution is 2.32. The molecule has 0 aliphatic carbocycles. The van der Waals surface area contributed by atoms with Crippen molar-refractivity contribution in [3.05, 3.63) is 364 Å². The second kappa shape index (κ2) is 30.2. The van der Waals surface area contributed by atoms with Crippen LogP contribution in [0.1, 0.15) is 0 Å². The Balaban J connectivity index is 1.09. The normalized spacial score (nSPS) is 11.2. The van der Waals surface area contributed by atoms with E-state index < -0.39 is 0 Å². The highest BCUT2D eigenvalue weighted by molar-refractivity contribution is 5.81. The number of ether oxygens (including phenoxy) is 6. The number of methoxy groups -OCH3 is 6. The van der Waals surface area contributed by atoms with Crippen molar-refractivity contribution in [2.75, 3.05) is 42.7 Å². The molecule has 36 rings (SSSR count). The molecule has 0 atom stereocenters. The topological polar surface area (TPSA) is 93.8 Å². The molecular weight excluding hydrogens is 1360 g/mol. The fourth-order valence-corrected chi connectivity index (χ4v) is 14.8. The highest BCUT2D eigenvalue weighted by atomic mass is 16.5. The fourth-order valence-electron chi connectivity index (χ4n) is 14.8. The Morgan fingerprint density at radius 2 is 0.264 bits per heavy atom. The van der Waals surface area contributed by atoms with Gasteiger partial charge in [0.15, 0.2) is 0 Å². The molecule has 0 saturated carbocycles. The molecule has 0 unspecified atom stereocenters. The predicted octanol–water partition coefficient (Wildman–Crippen LogP) is 23.0. The Kier molecular flexibility index (Phi) is 18.8. The third-order valence-corrected chi connectivity index (χ3v) is 20.2. The Labute approximate surface area is 635 Å². The van der Waals surface area contributed by atoms with Crippen LogP contribution in [0.5, 0.6) is 34.5 Å². The number of rotatable bonds is 12. The van der Waals surface area contributed by atoms with E-state index in [0.29, 0.717) is 0 Å².